The lowest BCUT2D eigenvalue weighted by atomic mass is 10.1. The van der Waals surface area contributed by atoms with Crippen molar-refractivity contribution in [3.05, 3.63) is 47.5 Å². The van der Waals surface area contributed by atoms with Crippen molar-refractivity contribution in [2.75, 3.05) is 0 Å². The predicted octanol–water partition coefficient (Wildman–Crippen LogP) is 3.42. The van der Waals surface area contributed by atoms with E-state index in [4.69, 9.17) is 16.7 Å². The molecule has 2 rings (SSSR count). The molecule has 2 N–H and O–H groups in total. The lowest BCUT2D eigenvalue weighted by molar-refractivity contribution is 0.474. The van der Waals surface area contributed by atoms with Gasteiger partial charge in [0.25, 0.3) is 0 Å². The molecule has 0 aliphatic rings. The van der Waals surface area contributed by atoms with E-state index in [-0.39, 0.29) is 11.5 Å². The van der Waals surface area contributed by atoms with Gasteiger partial charge < -0.3 is 10.2 Å². The van der Waals surface area contributed by atoms with Crippen LogP contribution in [0.15, 0.2) is 42.5 Å². The van der Waals surface area contributed by atoms with Crippen molar-refractivity contribution >= 4 is 11.6 Å². The van der Waals surface area contributed by atoms with E-state index in [1.54, 1.807) is 36.4 Å². The maximum absolute atomic E-state index is 9.20. The van der Waals surface area contributed by atoms with Crippen LogP contribution in [0.3, 0.4) is 0 Å². The number of halogens is 1. The van der Waals surface area contributed by atoms with Crippen molar-refractivity contribution in [3.63, 3.8) is 0 Å². The molecular weight excluding hydrogens is 212 g/mol. The monoisotopic (exact) mass is 220 g/mol. The molecule has 0 amide bonds. The predicted molar refractivity (Wildman–Crippen MR) is 60.2 cm³/mol. The fourth-order valence-corrected chi connectivity index (χ4v) is 1.66. The highest BCUT2D eigenvalue weighted by molar-refractivity contribution is 6.33. The smallest absolute Gasteiger partial charge is 0.117 e. The lowest BCUT2D eigenvalue weighted by Crippen LogP contribution is -1.78. The van der Waals surface area contributed by atoms with Gasteiger partial charge in [0, 0.05) is 5.56 Å². The van der Waals surface area contributed by atoms with Crippen LogP contribution in [0.5, 0.6) is 11.5 Å². The standard InChI is InChI=1S/C12H9ClO2/c13-12-7-10(15)5-6-11(12)8-1-3-9(14)4-2-8/h1-7,14-15H. The number of phenolic OH excluding ortho intramolecular Hbond substituents is 2. The Bertz CT molecular complexity index is 477. The van der Waals surface area contributed by atoms with Gasteiger partial charge in [-0.3, -0.25) is 0 Å². The molecule has 0 unspecified atom stereocenters. The van der Waals surface area contributed by atoms with Gasteiger partial charge >= 0.3 is 0 Å². The van der Waals surface area contributed by atoms with E-state index in [1.807, 2.05) is 0 Å². The van der Waals surface area contributed by atoms with Gasteiger partial charge in [0.15, 0.2) is 0 Å². The first-order valence-electron chi connectivity index (χ1n) is 4.45. The highest BCUT2D eigenvalue weighted by Crippen LogP contribution is 2.31. The Kier molecular flexibility index (Phi) is 2.52. The van der Waals surface area contributed by atoms with E-state index in [2.05, 4.69) is 0 Å². The van der Waals surface area contributed by atoms with E-state index < -0.39 is 0 Å². The molecule has 0 spiro atoms. The summed E-state index contributed by atoms with van der Waals surface area (Å²) in [7, 11) is 0. The molecule has 0 radical (unpaired) electrons. The minimum absolute atomic E-state index is 0.141. The minimum atomic E-state index is 0.141. The third-order valence-electron chi connectivity index (χ3n) is 2.13. The van der Waals surface area contributed by atoms with E-state index in [0.717, 1.165) is 11.1 Å². The Labute approximate surface area is 92.4 Å². The molecule has 0 fully saturated rings. The van der Waals surface area contributed by atoms with Crippen molar-refractivity contribution in [2.45, 2.75) is 0 Å². The van der Waals surface area contributed by atoms with Crippen LogP contribution in [-0.2, 0) is 0 Å². The van der Waals surface area contributed by atoms with Gasteiger partial charge in [0.1, 0.15) is 11.5 Å². The van der Waals surface area contributed by atoms with Crippen LogP contribution in [0.2, 0.25) is 5.02 Å². The van der Waals surface area contributed by atoms with Crippen LogP contribution >= 0.6 is 11.6 Å². The molecule has 0 aliphatic carbocycles. The number of phenols is 2. The fraction of sp³-hybridized carbons (Fsp3) is 0. The van der Waals surface area contributed by atoms with E-state index in [1.165, 1.54) is 6.07 Å². The Balaban J connectivity index is 2.49. The van der Waals surface area contributed by atoms with Crippen LogP contribution < -0.4 is 0 Å². The molecule has 0 heterocycles. The van der Waals surface area contributed by atoms with Crippen LogP contribution in [0.4, 0.5) is 0 Å². The number of rotatable bonds is 1. The molecular formula is C12H9ClO2. The summed E-state index contributed by atoms with van der Waals surface area (Å²) >= 11 is 5.98. The first kappa shape index (κ1) is 9.87. The molecule has 0 aromatic heterocycles. The third-order valence-corrected chi connectivity index (χ3v) is 2.44. The van der Waals surface area contributed by atoms with Crippen molar-refractivity contribution < 1.29 is 10.2 Å². The highest BCUT2D eigenvalue weighted by atomic mass is 35.5. The number of benzene rings is 2. The average molecular weight is 221 g/mol. The molecule has 0 atom stereocenters. The summed E-state index contributed by atoms with van der Waals surface area (Å²) in [5.74, 6) is 0.358. The largest absolute Gasteiger partial charge is 0.508 e. The van der Waals surface area contributed by atoms with Crippen molar-refractivity contribution in [3.8, 4) is 22.6 Å². The summed E-state index contributed by atoms with van der Waals surface area (Å²) in [6.45, 7) is 0. The molecule has 0 saturated carbocycles. The van der Waals surface area contributed by atoms with Gasteiger partial charge in [0.05, 0.1) is 5.02 Å². The van der Waals surface area contributed by atoms with Crippen LogP contribution in [0.1, 0.15) is 0 Å². The van der Waals surface area contributed by atoms with Crippen molar-refractivity contribution in [1.29, 1.82) is 0 Å². The zero-order valence-electron chi connectivity index (χ0n) is 7.81. The molecule has 0 saturated heterocycles. The molecule has 2 aromatic carbocycles. The first-order valence-corrected chi connectivity index (χ1v) is 4.82. The van der Waals surface area contributed by atoms with Crippen LogP contribution in [-0.4, -0.2) is 10.2 Å². The molecule has 0 bridgehead atoms. The molecule has 76 valence electrons. The molecule has 3 heteroatoms. The summed E-state index contributed by atoms with van der Waals surface area (Å²) in [4.78, 5) is 0. The average Bonchev–Trinajstić information content (AvgIpc) is 2.20. The van der Waals surface area contributed by atoms with E-state index in [9.17, 15) is 5.11 Å². The Morgan fingerprint density at radius 3 is 2.00 bits per heavy atom. The number of hydrogen-bond donors (Lipinski definition) is 2. The second-order valence-corrected chi connectivity index (χ2v) is 3.62. The SMILES string of the molecule is Oc1ccc(-c2ccc(O)cc2Cl)cc1. The molecule has 15 heavy (non-hydrogen) atoms. The topological polar surface area (TPSA) is 40.5 Å². The Hall–Kier alpha value is -1.67. The quantitative estimate of drug-likeness (QED) is 0.773. The number of aromatic hydroxyl groups is 2. The normalized spacial score (nSPS) is 10.2. The second-order valence-electron chi connectivity index (χ2n) is 3.21. The first-order chi connectivity index (χ1) is 7.16. The Morgan fingerprint density at radius 1 is 0.800 bits per heavy atom. The van der Waals surface area contributed by atoms with Gasteiger partial charge in [-0.05, 0) is 35.9 Å². The second kappa shape index (κ2) is 3.83. The minimum Gasteiger partial charge on any atom is -0.508 e. The van der Waals surface area contributed by atoms with Gasteiger partial charge in [0.2, 0.25) is 0 Å². The molecule has 2 nitrogen and oxygen atoms in total. The Morgan fingerprint density at radius 2 is 1.40 bits per heavy atom. The fourth-order valence-electron chi connectivity index (χ4n) is 1.38. The highest BCUT2D eigenvalue weighted by Gasteiger charge is 2.03. The van der Waals surface area contributed by atoms with Gasteiger partial charge in [-0.25, -0.2) is 0 Å². The zero-order chi connectivity index (χ0) is 10.8. The van der Waals surface area contributed by atoms with Gasteiger partial charge in [-0.1, -0.05) is 23.7 Å². The van der Waals surface area contributed by atoms with Gasteiger partial charge in [-0.15, -0.1) is 0 Å². The summed E-state index contributed by atoms with van der Waals surface area (Å²) in [5, 5.41) is 18.8. The summed E-state index contributed by atoms with van der Waals surface area (Å²) in [5.41, 5.74) is 1.73. The molecule has 0 aliphatic heterocycles. The molecule has 2 aromatic rings. The van der Waals surface area contributed by atoms with Crippen molar-refractivity contribution in [1.82, 2.24) is 0 Å². The summed E-state index contributed by atoms with van der Waals surface area (Å²) < 4.78 is 0. The van der Waals surface area contributed by atoms with Crippen LogP contribution in [0.25, 0.3) is 11.1 Å². The van der Waals surface area contributed by atoms with Crippen LogP contribution in [0, 0.1) is 0 Å². The van der Waals surface area contributed by atoms with E-state index >= 15 is 0 Å². The number of hydrogen-bond acceptors (Lipinski definition) is 2. The lowest BCUT2D eigenvalue weighted by Gasteiger charge is -2.04. The van der Waals surface area contributed by atoms with Gasteiger partial charge in [-0.2, -0.15) is 0 Å². The maximum Gasteiger partial charge on any atom is 0.117 e. The van der Waals surface area contributed by atoms with E-state index in [0.29, 0.717) is 5.02 Å². The maximum atomic E-state index is 9.20. The third kappa shape index (κ3) is 2.05. The summed E-state index contributed by atoms with van der Waals surface area (Å²) in [6, 6.07) is 11.5. The summed E-state index contributed by atoms with van der Waals surface area (Å²) in [6.07, 6.45) is 0. The zero-order valence-corrected chi connectivity index (χ0v) is 8.57. The van der Waals surface area contributed by atoms with Crippen molar-refractivity contribution in [2.24, 2.45) is 0 Å².